The van der Waals surface area contributed by atoms with Crippen LogP contribution in [0.25, 0.3) is 0 Å². The van der Waals surface area contributed by atoms with Crippen LogP contribution in [-0.4, -0.2) is 42.9 Å². The van der Waals surface area contributed by atoms with Gasteiger partial charge in [-0.2, -0.15) is 0 Å². The van der Waals surface area contributed by atoms with E-state index in [0.717, 1.165) is 17.4 Å². The molecule has 2 aromatic carbocycles. The lowest BCUT2D eigenvalue weighted by Crippen LogP contribution is -2.50. The highest BCUT2D eigenvalue weighted by molar-refractivity contribution is 5.39. The Balaban J connectivity index is 1.93. The fourth-order valence-electron chi connectivity index (χ4n) is 4.19. The average Bonchev–Trinajstić information content (AvgIpc) is 2.65. The normalized spacial score (nSPS) is 17.6. The predicted octanol–water partition coefficient (Wildman–Crippen LogP) is 3.99. The van der Waals surface area contributed by atoms with Crippen molar-refractivity contribution in [1.82, 2.24) is 0 Å². The number of piperidine rings is 1. The molecule has 3 rings (SSSR count). The lowest BCUT2D eigenvalue weighted by molar-refractivity contribution is -0.914. The minimum atomic E-state index is -0.304. The number of rotatable bonds is 6. The van der Waals surface area contributed by atoms with Crippen molar-refractivity contribution in [3.05, 3.63) is 71.8 Å². The summed E-state index contributed by atoms with van der Waals surface area (Å²) in [5.74, 6) is 0. The number of hydrogen-bond acceptors (Lipinski definition) is 1. The van der Waals surface area contributed by atoms with Gasteiger partial charge in [0.15, 0.2) is 0 Å². The van der Waals surface area contributed by atoms with Crippen LogP contribution in [0.3, 0.4) is 0 Å². The van der Waals surface area contributed by atoms with Crippen LogP contribution < -0.4 is 0 Å². The largest absolute Gasteiger partial charge is 0.395 e. The van der Waals surface area contributed by atoms with E-state index in [4.69, 9.17) is 0 Å². The Kier molecular flexibility index (Phi) is 5.37. The Hall–Kier alpha value is -1.64. The minimum absolute atomic E-state index is 0.154. The van der Waals surface area contributed by atoms with Gasteiger partial charge in [0.1, 0.15) is 0 Å². The lowest BCUT2D eigenvalue weighted by Gasteiger charge is -2.41. The van der Waals surface area contributed by atoms with Gasteiger partial charge in [-0.15, -0.1) is 0 Å². The Morgan fingerprint density at radius 1 is 0.833 bits per heavy atom. The van der Waals surface area contributed by atoms with Gasteiger partial charge in [-0.1, -0.05) is 60.7 Å². The van der Waals surface area contributed by atoms with Crippen molar-refractivity contribution in [3.63, 3.8) is 0 Å². The first-order chi connectivity index (χ1) is 11.7. The maximum absolute atomic E-state index is 10.5. The third-order valence-corrected chi connectivity index (χ3v) is 5.90. The van der Waals surface area contributed by atoms with Gasteiger partial charge in [-0.05, 0) is 30.4 Å². The molecule has 24 heavy (non-hydrogen) atoms. The number of aliphatic hydroxyl groups is 1. The molecule has 2 aromatic rings. The van der Waals surface area contributed by atoms with Gasteiger partial charge in [0.2, 0.25) is 0 Å². The van der Waals surface area contributed by atoms with Crippen LogP contribution in [-0.2, 0) is 5.41 Å². The molecule has 128 valence electrons. The summed E-state index contributed by atoms with van der Waals surface area (Å²) in [5.41, 5.74) is 2.14. The van der Waals surface area contributed by atoms with Crippen LogP contribution in [0.2, 0.25) is 0 Å². The first-order valence-electron chi connectivity index (χ1n) is 9.24. The number of nitrogens with zero attached hydrogens (tertiary/aromatic N) is 1. The van der Waals surface area contributed by atoms with E-state index in [1.54, 1.807) is 0 Å². The molecular formula is C22H30NO+. The zero-order valence-electron chi connectivity index (χ0n) is 14.8. The third-order valence-electron chi connectivity index (χ3n) is 5.90. The maximum atomic E-state index is 10.5. The molecule has 1 N–H and O–H groups in total. The maximum Gasteiger partial charge on any atom is 0.0797 e. The topological polar surface area (TPSA) is 20.2 Å². The van der Waals surface area contributed by atoms with Gasteiger partial charge in [0.25, 0.3) is 0 Å². The van der Waals surface area contributed by atoms with E-state index in [2.05, 4.69) is 67.7 Å². The van der Waals surface area contributed by atoms with Crippen molar-refractivity contribution in [2.24, 2.45) is 0 Å². The van der Waals surface area contributed by atoms with E-state index in [1.807, 2.05) is 0 Å². The number of aliphatic hydroxyl groups excluding tert-OH is 1. The quantitative estimate of drug-likeness (QED) is 0.797. The fourth-order valence-corrected chi connectivity index (χ4v) is 4.19. The molecule has 2 nitrogen and oxygen atoms in total. The molecule has 1 saturated heterocycles. The molecule has 1 aliphatic heterocycles. The molecule has 0 aromatic heterocycles. The van der Waals surface area contributed by atoms with Crippen molar-refractivity contribution in [1.29, 1.82) is 0 Å². The molecule has 1 aliphatic rings. The Morgan fingerprint density at radius 2 is 1.33 bits per heavy atom. The van der Waals surface area contributed by atoms with Crippen molar-refractivity contribution in [2.75, 3.05) is 33.3 Å². The molecule has 0 aliphatic carbocycles. The number of hydrogen-bond donors (Lipinski definition) is 1. The Morgan fingerprint density at radius 3 is 1.79 bits per heavy atom. The van der Waals surface area contributed by atoms with E-state index < -0.39 is 0 Å². The molecule has 0 bridgehead atoms. The fraction of sp³-hybridized carbons (Fsp3) is 0.455. The van der Waals surface area contributed by atoms with Crippen LogP contribution >= 0.6 is 0 Å². The second-order valence-electron chi connectivity index (χ2n) is 7.57. The van der Waals surface area contributed by atoms with Crippen LogP contribution in [0.5, 0.6) is 0 Å². The number of likely N-dealkylation sites (tertiary alicyclic amines) is 1. The summed E-state index contributed by atoms with van der Waals surface area (Å²) in [7, 11) is 2.39. The van der Waals surface area contributed by atoms with E-state index >= 15 is 0 Å². The van der Waals surface area contributed by atoms with Crippen molar-refractivity contribution in [2.45, 2.75) is 31.1 Å². The third kappa shape index (κ3) is 3.55. The van der Waals surface area contributed by atoms with Gasteiger partial charge in [-0.3, -0.25) is 0 Å². The van der Waals surface area contributed by atoms with Crippen molar-refractivity contribution in [3.8, 4) is 0 Å². The first-order valence-corrected chi connectivity index (χ1v) is 9.24. The van der Waals surface area contributed by atoms with Gasteiger partial charge in [-0.25, -0.2) is 0 Å². The predicted molar refractivity (Wildman–Crippen MR) is 100 cm³/mol. The molecular weight excluding hydrogens is 294 g/mol. The van der Waals surface area contributed by atoms with E-state index in [0.29, 0.717) is 0 Å². The van der Waals surface area contributed by atoms with Gasteiger partial charge in [0, 0.05) is 11.8 Å². The zero-order chi connectivity index (χ0) is 16.9. The monoisotopic (exact) mass is 324 g/mol. The standard InChI is InChI=1S/C22H30NO/c1-23(16-9-4-10-17-23)18-15-22(19-24,20-11-5-2-6-12-20)21-13-7-3-8-14-21/h2-3,5-8,11-14,24H,4,9-10,15-19H2,1H3/q+1. The molecule has 0 saturated carbocycles. The highest BCUT2D eigenvalue weighted by atomic mass is 16.3. The van der Waals surface area contributed by atoms with Crippen molar-refractivity contribution < 1.29 is 9.59 Å². The summed E-state index contributed by atoms with van der Waals surface area (Å²) < 4.78 is 1.14. The molecule has 0 radical (unpaired) electrons. The van der Waals surface area contributed by atoms with Gasteiger partial charge in [0.05, 0.1) is 33.3 Å². The Labute approximate surface area is 146 Å². The molecule has 0 atom stereocenters. The summed E-state index contributed by atoms with van der Waals surface area (Å²) in [6.45, 7) is 3.81. The van der Waals surface area contributed by atoms with Crippen LogP contribution in [0.1, 0.15) is 36.8 Å². The summed E-state index contributed by atoms with van der Waals surface area (Å²) in [6, 6.07) is 21.1. The van der Waals surface area contributed by atoms with Crippen LogP contribution in [0.15, 0.2) is 60.7 Å². The number of quaternary nitrogens is 1. The molecule has 0 amide bonds. The van der Waals surface area contributed by atoms with E-state index in [9.17, 15) is 5.11 Å². The minimum Gasteiger partial charge on any atom is -0.395 e. The second kappa shape index (κ2) is 7.50. The van der Waals surface area contributed by atoms with E-state index in [-0.39, 0.29) is 12.0 Å². The van der Waals surface area contributed by atoms with Gasteiger partial charge >= 0.3 is 0 Å². The lowest BCUT2D eigenvalue weighted by atomic mass is 9.72. The summed E-state index contributed by atoms with van der Waals surface area (Å²) in [4.78, 5) is 0. The summed E-state index contributed by atoms with van der Waals surface area (Å²) in [5, 5.41) is 10.5. The molecule has 1 heterocycles. The second-order valence-corrected chi connectivity index (χ2v) is 7.57. The van der Waals surface area contributed by atoms with E-state index in [1.165, 1.54) is 43.5 Å². The SMILES string of the molecule is C[N+]1(CCC(CO)(c2ccccc2)c2ccccc2)CCCCC1. The van der Waals surface area contributed by atoms with Crippen LogP contribution in [0.4, 0.5) is 0 Å². The summed E-state index contributed by atoms with van der Waals surface area (Å²) >= 11 is 0. The smallest absolute Gasteiger partial charge is 0.0797 e. The highest BCUT2D eigenvalue weighted by Gasteiger charge is 2.37. The molecule has 1 fully saturated rings. The molecule has 0 unspecified atom stereocenters. The van der Waals surface area contributed by atoms with Crippen molar-refractivity contribution >= 4 is 0 Å². The molecule has 2 heteroatoms. The average molecular weight is 324 g/mol. The molecule has 0 spiro atoms. The zero-order valence-corrected chi connectivity index (χ0v) is 14.8. The Bertz CT molecular complexity index is 577. The summed E-state index contributed by atoms with van der Waals surface area (Å²) in [6.07, 6.45) is 5.02. The first kappa shape index (κ1) is 17.2. The highest BCUT2D eigenvalue weighted by Crippen LogP contribution is 2.36. The number of benzene rings is 2. The van der Waals surface area contributed by atoms with Gasteiger partial charge < -0.3 is 9.59 Å². The van der Waals surface area contributed by atoms with Crippen LogP contribution in [0, 0.1) is 0 Å².